The summed E-state index contributed by atoms with van der Waals surface area (Å²) in [6.07, 6.45) is -4.88. The Hall–Kier alpha value is -9.91. The van der Waals surface area contributed by atoms with Crippen LogP contribution >= 0.6 is 0 Å². The third-order valence-corrected chi connectivity index (χ3v) is 12.0. The number of nitrogens with zero attached hydrogens (tertiary/aromatic N) is 8. The van der Waals surface area contributed by atoms with Crippen LogP contribution in [0.5, 0.6) is 0 Å². The zero-order valence-electron chi connectivity index (χ0n) is 34.1. The second-order valence-electron chi connectivity index (χ2n) is 15.5. The molecule has 0 saturated carbocycles. The van der Waals surface area contributed by atoms with Gasteiger partial charge >= 0.3 is 6.18 Å². The third-order valence-electron chi connectivity index (χ3n) is 12.0. The van der Waals surface area contributed by atoms with Crippen molar-refractivity contribution in [3.63, 3.8) is 0 Å². The maximum Gasteiger partial charge on any atom is 0.417 e. The molecule has 0 saturated heterocycles. The van der Waals surface area contributed by atoms with E-state index >= 15 is 13.2 Å². The maximum atomic E-state index is 15.2. The molecule has 10 rings (SSSR count). The van der Waals surface area contributed by atoms with E-state index in [9.17, 15) is 31.6 Å². The summed E-state index contributed by atoms with van der Waals surface area (Å²) in [7, 11) is 0. The number of benzene rings is 8. The molecule has 10 aromatic rings. The van der Waals surface area contributed by atoms with Crippen molar-refractivity contribution in [2.24, 2.45) is 0 Å². The van der Waals surface area contributed by atoms with E-state index in [2.05, 4.69) is 30.3 Å². The SMILES string of the molecule is N#Cc1ccc(-c2ccc3c4ccccc4n(-c4cc(-c5c(C#N)cccc5C(F)(F)F)cc(-n5c6ccccc6c6ccc(-c7ccc(C#N)cc7C#N)cc65)c4C#N)c3c2)c(C#N)c1. The summed E-state index contributed by atoms with van der Waals surface area (Å²) < 4.78 is 49.1. The first-order chi connectivity index (χ1) is 32.1. The summed E-state index contributed by atoms with van der Waals surface area (Å²) in [5.74, 6) is 0. The van der Waals surface area contributed by atoms with Crippen LogP contribution in [0.4, 0.5) is 13.2 Å². The van der Waals surface area contributed by atoms with Crippen molar-refractivity contribution in [1.82, 2.24) is 9.13 Å². The number of halogens is 3. The molecule has 0 fully saturated rings. The minimum absolute atomic E-state index is 0.0189. The standard InChI is InChI=1S/C55H25F3N8/c56-55(57,58)47-9-5-6-36(28-61)54(47)37-24-52(65-48-10-3-1-7-42(48)44-18-14-34(22-50(44)65)40-16-12-32(26-59)20-38(40)29-62)46(31-64)53(25-37)66-49-11-4-2-8-43(49)45-19-15-35(23-51(45)66)41-17-13-33(27-60)21-39(41)30-63/h1-25H. The van der Waals surface area contributed by atoms with E-state index in [4.69, 9.17) is 0 Å². The van der Waals surface area contributed by atoms with Crippen LogP contribution in [0.3, 0.4) is 0 Å². The van der Waals surface area contributed by atoms with Gasteiger partial charge < -0.3 is 9.13 Å². The minimum atomic E-state index is -4.88. The molecule has 0 radical (unpaired) electrons. The second-order valence-corrected chi connectivity index (χ2v) is 15.5. The summed E-state index contributed by atoms with van der Waals surface area (Å²) >= 11 is 0. The molecule has 0 spiro atoms. The summed E-state index contributed by atoms with van der Waals surface area (Å²) in [5.41, 5.74) is 4.79. The first kappa shape index (κ1) is 40.2. The van der Waals surface area contributed by atoms with E-state index in [0.29, 0.717) is 55.4 Å². The van der Waals surface area contributed by atoms with Crippen LogP contribution in [-0.2, 0) is 6.18 Å². The molecule has 0 aliphatic rings. The smallest absolute Gasteiger partial charge is 0.308 e. The number of para-hydroxylation sites is 2. The lowest BCUT2D eigenvalue weighted by Crippen LogP contribution is -2.10. The molecule has 0 N–H and O–H groups in total. The molecule has 0 amide bonds. The number of hydrogen-bond donors (Lipinski definition) is 0. The first-order valence-corrected chi connectivity index (χ1v) is 20.3. The van der Waals surface area contributed by atoms with Gasteiger partial charge in [-0.05, 0) is 101 Å². The van der Waals surface area contributed by atoms with Crippen molar-refractivity contribution in [1.29, 1.82) is 31.6 Å². The Balaban J connectivity index is 1.37. The van der Waals surface area contributed by atoms with Gasteiger partial charge in [0.1, 0.15) is 11.6 Å². The van der Waals surface area contributed by atoms with Gasteiger partial charge in [0.25, 0.3) is 0 Å². The fourth-order valence-corrected chi connectivity index (χ4v) is 9.13. The molecule has 2 aromatic heterocycles. The fourth-order valence-electron chi connectivity index (χ4n) is 9.13. The first-order valence-electron chi connectivity index (χ1n) is 20.3. The Morgan fingerprint density at radius 3 is 1.29 bits per heavy atom. The minimum Gasteiger partial charge on any atom is -0.308 e. The van der Waals surface area contributed by atoms with Gasteiger partial charge in [-0.15, -0.1) is 0 Å². The average molecular weight is 855 g/mol. The van der Waals surface area contributed by atoms with Crippen molar-refractivity contribution in [2.75, 3.05) is 0 Å². The summed E-state index contributed by atoms with van der Waals surface area (Å²) in [4.78, 5) is 0. The molecule has 0 aliphatic carbocycles. The molecular formula is C55H25F3N8. The van der Waals surface area contributed by atoms with Gasteiger partial charge in [-0.25, -0.2) is 0 Å². The molecule has 8 nitrogen and oxygen atoms in total. The summed E-state index contributed by atoms with van der Waals surface area (Å²) in [6.45, 7) is 0. The van der Waals surface area contributed by atoms with Crippen LogP contribution in [0, 0.1) is 68.0 Å². The fraction of sp³-hybridized carbons (Fsp3) is 0.0182. The topological polar surface area (TPSA) is 153 Å². The molecule has 0 aliphatic heterocycles. The summed E-state index contributed by atoms with van der Waals surface area (Å²) in [5, 5.41) is 64.4. The van der Waals surface area contributed by atoms with E-state index < -0.39 is 11.7 Å². The number of aromatic nitrogens is 2. The van der Waals surface area contributed by atoms with E-state index in [-0.39, 0.29) is 44.8 Å². The number of fused-ring (bicyclic) bond motifs is 6. The van der Waals surface area contributed by atoms with Crippen LogP contribution in [0.15, 0.2) is 152 Å². The lowest BCUT2D eigenvalue weighted by Gasteiger charge is -2.21. The normalized spacial score (nSPS) is 11.2. The van der Waals surface area contributed by atoms with Gasteiger partial charge in [0.2, 0.25) is 0 Å². The molecule has 11 heteroatoms. The van der Waals surface area contributed by atoms with Gasteiger partial charge in [-0.1, -0.05) is 78.9 Å². The predicted octanol–water partition coefficient (Wildman–Crippen LogP) is 13.1. The van der Waals surface area contributed by atoms with Crippen molar-refractivity contribution in [3.05, 3.63) is 191 Å². The Labute approximate surface area is 374 Å². The predicted molar refractivity (Wildman–Crippen MR) is 245 cm³/mol. The van der Waals surface area contributed by atoms with E-state index in [1.165, 1.54) is 36.4 Å². The quantitative estimate of drug-likeness (QED) is 0.168. The molecular weight excluding hydrogens is 830 g/mol. The van der Waals surface area contributed by atoms with E-state index in [1.807, 2.05) is 100 Å². The van der Waals surface area contributed by atoms with E-state index in [0.717, 1.165) is 27.6 Å². The van der Waals surface area contributed by atoms with Crippen LogP contribution in [0.25, 0.3) is 88.4 Å². The lowest BCUT2D eigenvalue weighted by molar-refractivity contribution is -0.137. The zero-order chi connectivity index (χ0) is 45.9. The molecule has 0 bridgehead atoms. The van der Waals surface area contributed by atoms with Gasteiger partial charge in [0.15, 0.2) is 0 Å². The number of alkyl halides is 3. The Morgan fingerprint density at radius 2 is 0.848 bits per heavy atom. The van der Waals surface area contributed by atoms with Crippen LogP contribution in [0.1, 0.15) is 38.9 Å². The number of hydrogen-bond acceptors (Lipinski definition) is 6. The average Bonchev–Trinajstić information content (AvgIpc) is 3.86. The van der Waals surface area contributed by atoms with Crippen molar-refractivity contribution in [3.8, 4) is 81.2 Å². The second kappa shape index (κ2) is 15.5. The zero-order valence-corrected chi connectivity index (χ0v) is 34.1. The van der Waals surface area contributed by atoms with Crippen molar-refractivity contribution < 1.29 is 13.2 Å². The van der Waals surface area contributed by atoms with Crippen LogP contribution in [0.2, 0.25) is 0 Å². The van der Waals surface area contributed by atoms with Gasteiger partial charge in [-0.3, -0.25) is 0 Å². The van der Waals surface area contributed by atoms with Crippen LogP contribution < -0.4 is 0 Å². The van der Waals surface area contributed by atoms with Crippen molar-refractivity contribution >= 4 is 43.6 Å². The van der Waals surface area contributed by atoms with Crippen molar-refractivity contribution in [2.45, 2.75) is 6.18 Å². The highest BCUT2D eigenvalue weighted by atomic mass is 19.4. The molecule has 0 atom stereocenters. The molecule has 306 valence electrons. The molecule has 2 heterocycles. The summed E-state index contributed by atoms with van der Waals surface area (Å²) in [6, 6.07) is 55.1. The molecule has 66 heavy (non-hydrogen) atoms. The Bertz CT molecular complexity index is 3800. The van der Waals surface area contributed by atoms with Gasteiger partial charge in [0, 0.05) is 27.1 Å². The largest absolute Gasteiger partial charge is 0.417 e. The van der Waals surface area contributed by atoms with Gasteiger partial charge in [-0.2, -0.15) is 44.7 Å². The number of nitriles is 6. The monoisotopic (exact) mass is 854 g/mol. The highest BCUT2D eigenvalue weighted by Crippen LogP contribution is 2.45. The maximum absolute atomic E-state index is 15.2. The van der Waals surface area contributed by atoms with Crippen LogP contribution in [-0.4, -0.2) is 9.13 Å². The van der Waals surface area contributed by atoms with E-state index in [1.54, 1.807) is 24.3 Å². The molecule has 8 aromatic carbocycles. The van der Waals surface area contributed by atoms with Gasteiger partial charge in [0.05, 0.1) is 97.2 Å². The molecule has 0 unspecified atom stereocenters. The number of rotatable bonds is 5. The lowest BCUT2D eigenvalue weighted by atomic mass is 9.92. The Kier molecular flexibility index (Phi) is 9.41. The Morgan fingerprint density at radius 1 is 0.379 bits per heavy atom. The third kappa shape index (κ3) is 6.26. The highest BCUT2D eigenvalue weighted by Gasteiger charge is 2.36. The highest BCUT2D eigenvalue weighted by molar-refractivity contribution is 6.12.